The van der Waals surface area contributed by atoms with Crippen molar-refractivity contribution in [3.05, 3.63) is 52.3 Å². The lowest BCUT2D eigenvalue weighted by Crippen LogP contribution is -2.11. The molecule has 0 aliphatic heterocycles. The van der Waals surface area contributed by atoms with Gasteiger partial charge in [0.1, 0.15) is 10.7 Å². The summed E-state index contributed by atoms with van der Waals surface area (Å²) in [5.74, 6) is -0.216. The second-order valence-electron chi connectivity index (χ2n) is 5.15. The lowest BCUT2D eigenvalue weighted by atomic mass is 10.2. The number of aryl methyl sites for hydroxylation is 1. The fourth-order valence-corrected chi connectivity index (χ4v) is 3.75. The molecule has 2 N–H and O–H groups in total. The number of rotatable bonds is 3. The van der Waals surface area contributed by atoms with Gasteiger partial charge in [-0.25, -0.2) is 0 Å². The monoisotopic (exact) mass is 340 g/mol. The van der Waals surface area contributed by atoms with Crippen LogP contribution in [0, 0.1) is 6.92 Å². The number of benzene rings is 1. The Balaban J connectivity index is 1.57. The van der Waals surface area contributed by atoms with E-state index in [1.165, 1.54) is 11.3 Å². The van der Waals surface area contributed by atoms with E-state index in [9.17, 15) is 4.79 Å². The second kappa shape index (κ2) is 5.60. The van der Waals surface area contributed by atoms with Gasteiger partial charge in [0.25, 0.3) is 5.91 Å². The first-order valence-corrected chi connectivity index (χ1v) is 8.72. The number of aromatic nitrogens is 3. The third-order valence-electron chi connectivity index (χ3n) is 3.44. The standard InChI is InChI=1S/C16H12N4OS2/c1-9-2-3-10-7-13(17-12(10)6-9)14(21)18-16-20-19-15(23-16)11-4-5-22-8-11/h2-8,17H,1H3,(H,18,20,21). The number of thiophene rings is 1. The Labute approximate surface area is 140 Å². The zero-order valence-electron chi connectivity index (χ0n) is 12.2. The van der Waals surface area contributed by atoms with Crippen molar-refractivity contribution in [2.24, 2.45) is 0 Å². The molecule has 23 heavy (non-hydrogen) atoms. The predicted molar refractivity (Wildman–Crippen MR) is 94.2 cm³/mol. The number of H-pyrrole nitrogens is 1. The molecule has 1 amide bonds. The Bertz CT molecular complexity index is 985. The third kappa shape index (κ3) is 2.76. The summed E-state index contributed by atoms with van der Waals surface area (Å²) in [5.41, 5.74) is 3.63. The molecule has 7 heteroatoms. The van der Waals surface area contributed by atoms with Crippen LogP contribution in [0.2, 0.25) is 0 Å². The average Bonchev–Trinajstić information content (AvgIpc) is 3.26. The quantitative estimate of drug-likeness (QED) is 0.584. The minimum Gasteiger partial charge on any atom is -0.351 e. The highest BCUT2D eigenvalue weighted by molar-refractivity contribution is 7.19. The van der Waals surface area contributed by atoms with Gasteiger partial charge in [0, 0.05) is 21.8 Å². The van der Waals surface area contributed by atoms with Gasteiger partial charge in [0.2, 0.25) is 5.13 Å². The molecule has 3 aromatic heterocycles. The molecule has 5 nitrogen and oxygen atoms in total. The van der Waals surface area contributed by atoms with Gasteiger partial charge in [-0.3, -0.25) is 10.1 Å². The van der Waals surface area contributed by atoms with Crippen LogP contribution < -0.4 is 5.32 Å². The van der Waals surface area contributed by atoms with Crippen LogP contribution in [0.4, 0.5) is 5.13 Å². The number of hydrogen-bond acceptors (Lipinski definition) is 5. The number of carbonyl (C=O) groups is 1. The highest BCUT2D eigenvalue weighted by Gasteiger charge is 2.13. The van der Waals surface area contributed by atoms with Crippen molar-refractivity contribution in [2.75, 3.05) is 5.32 Å². The van der Waals surface area contributed by atoms with Crippen molar-refractivity contribution in [3.63, 3.8) is 0 Å². The lowest BCUT2D eigenvalue weighted by molar-refractivity contribution is 0.102. The maximum Gasteiger partial charge on any atom is 0.273 e. The topological polar surface area (TPSA) is 70.7 Å². The van der Waals surface area contributed by atoms with E-state index in [2.05, 4.69) is 20.5 Å². The summed E-state index contributed by atoms with van der Waals surface area (Å²) in [6.07, 6.45) is 0. The average molecular weight is 340 g/mol. The first-order valence-electron chi connectivity index (χ1n) is 6.96. The minimum absolute atomic E-state index is 0.216. The predicted octanol–water partition coefficient (Wildman–Crippen LogP) is 4.31. The van der Waals surface area contributed by atoms with Crippen molar-refractivity contribution >= 4 is 44.6 Å². The highest BCUT2D eigenvalue weighted by atomic mass is 32.1. The van der Waals surface area contributed by atoms with Crippen LogP contribution in [0.25, 0.3) is 21.5 Å². The smallest absolute Gasteiger partial charge is 0.273 e. The van der Waals surface area contributed by atoms with Crippen molar-refractivity contribution in [1.29, 1.82) is 0 Å². The van der Waals surface area contributed by atoms with Gasteiger partial charge >= 0.3 is 0 Å². The van der Waals surface area contributed by atoms with E-state index >= 15 is 0 Å². The first-order chi connectivity index (χ1) is 11.2. The first kappa shape index (κ1) is 14.1. The van der Waals surface area contributed by atoms with Crippen LogP contribution >= 0.6 is 22.7 Å². The number of nitrogens with one attached hydrogen (secondary N) is 2. The van der Waals surface area contributed by atoms with Gasteiger partial charge < -0.3 is 4.98 Å². The number of anilines is 1. The van der Waals surface area contributed by atoms with Gasteiger partial charge in [0.15, 0.2) is 0 Å². The van der Waals surface area contributed by atoms with Crippen molar-refractivity contribution in [2.45, 2.75) is 6.92 Å². The maximum absolute atomic E-state index is 12.4. The summed E-state index contributed by atoms with van der Waals surface area (Å²) in [6.45, 7) is 2.02. The van der Waals surface area contributed by atoms with E-state index in [1.54, 1.807) is 11.3 Å². The van der Waals surface area contributed by atoms with Gasteiger partial charge in [-0.05, 0) is 36.1 Å². The van der Waals surface area contributed by atoms with Gasteiger partial charge in [-0.1, -0.05) is 23.5 Å². The molecule has 0 aliphatic carbocycles. The third-order valence-corrected chi connectivity index (χ3v) is 5.01. The number of aromatic amines is 1. The SMILES string of the molecule is Cc1ccc2cc(C(=O)Nc3nnc(-c4ccsc4)s3)[nH]c2c1. The number of hydrogen-bond donors (Lipinski definition) is 2. The fourth-order valence-electron chi connectivity index (χ4n) is 2.30. The number of amides is 1. The Kier molecular flexibility index (Phi) is 3.44. The van der Waals surface area contributed by atoms with E-state index in [1.807, 2.05) is 48.0 Å². The molecule has 0 fully saturated rings. The lowest BCUT2D eigenvalue weighted by Gasteiger charge is -1.97. The van der Waals surface area contributed by atoms with Crippen LogP contribution in [0.15, 0.2) is 41.1 Å². The molecule has 0 aliphatic rings. The van der Waals surface area contributed by atoms with Crippen LogP contribution in [0.5, 0.6) is 0 Å². The summed E-state index contributed by atoms with van der Waals surface area (Å²) in [6, 6.07) is 9.86. The highest BCUT2D eigenvalue weighted by Crippen LogP contribution is 2.28. The van der Waals surface area contributed by atoms with E-state index in [0.717, 1.165) is 27.0 Å². The molecule has 114 valence electrons. The van der Waals surface area contributed by atoms with E-state index in [4.69, 9.17) is 0 Å². The zero-order chi connectivity index (χ0) is 15.8. The molecule has 0 spiro atoms. The van der Waals surface area contributed by atoms with Gasteiger partial charge in [-0.2, -0.15) is 11.3 Å². The Morgan fingerprint density at radius 3 is 2.96 bits per heavy atom. The number of carbonyl (C=O) groups excluding carboxylic acids is 1. The van der Waals surface area contributed by atoms with E-state index in [0.29, 0.717) is 10.8 Å². The van der Waals surface area contributed by atoms with E-state index < -0.39 is 0 Å². The molecule has 0 saturated carbocycles. The summed E-state index contributed by atoms with van der Waals surface area (Å²) < 4.78 is 0. The van der Waals surface area contributed by atoms with Crippen molar-refractivity contribution in [1.82, 2.24) is 15.2 Å². The van der Waals surface area contributed by atoms with Gasteiger partial charge in [-0.15, -0.1) is 10.2 Å². The number of fused-ring (bicyclic) bond motifs is 1. The molecule has 4 aromatic rings. The Hall–Kier alpha value is -2.51. The maximum atomic E-state index is 12.4. The molecule has 1 aromatic carbocycles. The Morgan fingerprint density at radius 1 is 1.22 bits per heavy atom. The molecule has 4 rings (SSSR count). The molecular formula is C16H12N4OS2. The van der Waals surface area contributed by atoms with E-state index in [-0.39, 0.29) is 5.91 Å². The summed E-state index contributed by atoms with van der Waals surface area (Å²) in [7, 11) is 0. The molecule has 0 bridgehead atoms. The zero-order valence-corrected chi connectivity index (χ0v) is 13.8. The van der Waals surface area contributed by atoms with Crippen LogP contribution in [-0.4, -0.2) is 21.1 Å². The fraction of sp³-hybridized carbons (Fsp3) is 0.0625. The molecule has 0 unspecified atom stereocenters. The molecule has 3 heterocycles. The summed E-state index contributed by atoms with van der Waals surface area (Å²) in [4.78, 5) is 15.5. The normalized spacial score (nSPS) is 11.0. The second-order valence-corrected chi connectivity index (χ2v) is 6.91. The van der Waals surface area contributed by atoms with Gasteiger partial charge in [0.05, 0.1) is 0 Å². The van der Waals surface area contributed by atoms with Crippen LogP contribution in [-0.2, 0) is 0 Å². The molecular weight excluding hydrogens is 328 g/mol. The number of nitrogens with zero attached hydrogens (tertiary/aromatic N) is 2. The van der Waals surface area contributed by atoms with Crippen molar-refractivity contribution in [3.8, 4) is 10.6 Å². The molecule has 0 atom stereocenters. The Morgan fingerprint density at radius 2 is 2.13 bits per heavy atom. The van der Waals surface area contributed by atoms with Crippen LogP contribution in [0.3, 0.4) is 0 Å². The summed E-state index contributed by atoms with van der Waals surface area (Å²) in [5, 5.41) is 17.2. The summed E-state index contributed by atoms with van der Waals surface area (Å²) >= 11 is 2.97. The molecule has 0 saturated heterocycles. The largest absolute Gasteiger partial charge is 0.351 e. The molecule has 0 radical (unpaired) electrons. The minimum atomic E-state index is -0.216. The van der Waals surface area contributed by atoms with Crippen LogP contribution in [0.1, 0.15) is 16.1 Å². The van der Waals surface area contributed by atoms with Crippen molar-refractivity contribution < 1.29 is 4.79 Å².